The molecule has 5 heteroatoms. The lowest BCUT2D eigenvalue weighted by molar-refractivity contribution is -0.145. The predicted molar refractivity (Wildman–Crippen MR) is 63.7 cm³/mol. The number of hydrogen-bond donors (Lipinski definition) is 1. The van der Waals surface area contributed by atoms with Crippen LogP contribution in [-0.4, -0.2) is 42.3 Å². The van der Waals surface area contributed by atoms with E-state index in [-0.39, 0.29) is 6.61 Å². The number of hydrogen-bond acceptors (Lipinski definition) is 4. The number of thiophene rings is 1. The lowest BCUT2D eigenvalue weighted by Crippen LogP contribution is -2.43. The first-order valence-electron chi connectivity index (χ1n) is 5.17. The summed E-state index contributed by atoms with van der Waals surface area (Å²) >= 11 is 1.64. The summed E-state index contributed by atoms with van der Waals surface area (Å²) in [5, 5.41) is 11.1. The van der Waals surface area contributed by atoms with E-state index in [0.717, 1.165) is 0 Å². The van der Waals surface area contributed by atoms with Gasteiger partial charge in [0.05, 0.1) is 6.61 Å². The van der Waals surface area contributed by atoms with E-state index < -0.39 is 12.0 Å². The zero-order valence-corrected chi connectivity index (χ0v) is 10.4. The third kappa shape index (κ3) is 3.59. The molecule has 90 valence electrons. The number of aliphatic carboxylic acids is 1. The first-order chi connectivity index (χ1) is 7.69. The molecule has 1 unspecified atom stereocenters. The fourth-order valence-electron chi connectivity index (χ4n) is 1.54. The van der Waals surface area contributed by atoms with Crippen LogP contribution in [-0.2, 0) is 16.1 Å². The number of methoxy groups -OCH3 is 1. The molecule has 1 atom stereocenters. The van der Waals surface area contributed by atoms with Crippen molar-refractivity contribution in [2.24, 2.45) is 0 Å². The Morgan fingerprint density at radius 2 is 2.44 bits per heavy atom. The van der Waals surface area contributed by atoms with Crippen LogP contribution in [0.25, 0.3) is 0 Å². The van der Waals surface area contributed by atoms with E-state index in [1.54, 1.807) is 11.3 Å². The van der Waals surface area contributed by atoms with Crippen molar-refractivity contribution >= 4 is 17.3 Å². The third-order valence-electron chi connectivity index (χ3n) is 2.40. The van der Waals surface area contributed by atoms with Gasteiger partial charge >= 0.3 is 5.97 Å². The van der Waals surface area contributed by atoms with Crippen molar-refractivity contribution in [3.8, 4) is 0 Å². The van der Waals surface area contributed by atoms with E-state index in [1.165, 1.54) is 12.0 Å². The molecule has 0 bridgehead atoms. The lowest BCUT2D eigenvalue weighted by atomic mass is 10.2. The average molecular weight is 243 g/mol. The van der Waals surface area contributed by atoms with Gasteiger partial charge in [0.1, 0.15) is 6.04 Å². The summed E-state index contributed by atoms with van der Waals surface area (Å²) in [6.45, 7) is 3.53. The highest BCUT2D eigenvalue weighted by atomic mass is 32.1. The summed E-state index contributed by atoms with van der Waals surface area (Å²) in [6.07, 6.45) is 0. The molecule has 1 aromatic heterocycles. The minimum absolute atomic E-state index is 0.217. The average Bonchev–Trinajstić information content (AvgIpc) is 2.75. The monoisotopic (exact) mass is 243 g/mol. The molecule has 0 fully saturated rings. The highest BCUT2D eigenvalue weighted by Crippen LogP contribution is 2.14. The second-order valence-electron chi connectivity index (χ2n) is 3.45. The topological polar surface area (TPSA) is 49.8 Å². The lowest BCUT2D eigenvalue weighted by Gasteiger charge is -2.26. The van der Waals surface area contributed by atoms with Crippen LogP contribution in [0.3, 0.4) is 0 Å². The van der Waals surface area contributed by atoms with Crippen LogP contribution >= 0.6 is 11.3 Å². The van der Waals surface area contributed by atoms with Gasteiger partial charge in [0.15, 0.2) is 0 Å². The number of likely N-dealkylation sites (N-methyl/N-ethyl adjacent to an activating group) is 1. The van der Waals surface area contributed by atoms with Gasteiger partial charge in [-0.3, -0.25) is 9.69 Å². The Bertz CT molecular complexity index is 313. The largest absolute Gasteiger partial charge is 0.480 e. The molecule has 4 nitrogen and oxygen atoms in total. The van der Waals surface area contributed by atoms with Gasteiger partial charge in [-0.05, 0) is 18.0 Å². The van der Waals surface area contributed by atoms with Crippen molar-refractivity contribution < 1.29 is 14.6 Å². The molecule has 0 aliphatic carbocycles. The van der Waals surface area contributed by atoms with Crippen molar-refractivity contribution in [1.82, 2.24) is 4.90 Å². The molecular weight excluding hydrogens is 226 g/mol. The second kappa shape index (κ2) is 6.62. The molecular formula is C11H17NO3S. The number of rotatable bonds is 7. The summed E-state index contributed by atoms with van der Waals surface area (Å²) in [4.78, 5) is 14.2. The van der Waals surface area contributed by atoms with Crippen LogP contribution in [0.5, 0.6) is 0 Å². The smallest absolute Gasteiger partial charge is 0.323 e. The second-order valence-corrected chi connectivity index (χ2v) is 4.48. The van der Waals surface area contributed by atoms with Crippen LogP contribution in [0.1, 0.15) is 11.8 Å². The van der Waals surface area contributed by atoms with Gasteiger partial charge in [0.25, 0.3) is 0 Å². The third-order valence-corrected chi connectivity index (χ3v) is 3.26. The zero-order chi connectivity index (χ0) is 12.0. The summed E-state index contributed by atoms with van der Waals surface area (Å²) in [6, 6.07) is 3.41. The molecule has 0 aromatic carbocycles. The van der Waals surface area contributed by atoms with Crippen molar-refractivity contribution in [1.29, 1.82) is 0 Å². The van der Waals surface area contributed by atoms with Crippen molar-refractivity contribution in [3.63, 3.8) is 0 Å². The Labute approximate surface area is 99.5 Å². The molecule has 0 amide bonds. The molecule has 1 aromatic rings. The zero-order valence-electron chi connectivity index (χ0n) is 9.55. The van der Waals surface area contributed by atoms with Crippen LogP contribution in [0.15, 0.2) is 17.5 Å². The quantitative estimate of drug-likeness (QED) is 0.791. The highest BCUT2D eigenvalue weighted by Gasteiger charge is 2.24. The summed E-state index contributed by atoms with van der Waals surface area (Å²) in [5.41, 5.74) is 0. The highest BCUT2D eigenvalue weighted by molar-refractivity contribution is 7.09. The van der Waals surface area contributed by atoms with Gasteiger partial charge in [-0.1, -0.05) is 13.0 Å². The van der Waals surface area contributed by atoms with E-state index in [1.807, 2.05) is 29.3 Å². The number of nitrogens with zero attached hydrogens (tertiary/aromatic N) is 1. The maximum atomic E-state index is 11.1. The number of carbonyl (C=O) groups is 1. The Balaban J connectivity index is 2.66. The maximum absolute atomic E-state index is 11.1. The van der Waals surface area contributed by atoms with Crippen molar-refractivity contribution in [2.45, 2.75) is 19.5 Å². The summed E-state index contributed by atoms with van der Waals surface area (Å²) < 4.78 is 4.95. The van der Waals surface area contributed by atoms with Gasteiger partial charge in [0.2, 0.25) is 0 Å². The van der Waals surface area contributed by atoms with E-state index in [0.29, 0.717) is 13.1 Å². The minimum Gasteiger partial charge on any atom is -0.480 e. The molecule has 1 rings (SSSR count). The fourth-order valence-corrected chi connectivity index (χ4v) is 2.27. The fraction of sp³-hybridized carbons (Fsp3) is 0.545. The SMILES string of the molecule is CCN(Cc1cccs1)C(COC)C(=O)O. The Hall–Kier alpha value is -0.910. The van der Waals surface area contributed by atoms with Crippen LogP contribution in [0.2, 0.25) is 0 Å². The van der Waals surface area contributed by atoms with Gasteiger partial charge in [-0.15, -0.1) is 11.3 Å². The molecule has 1 heterocycles. The van der Waals surface area contributed by atoms with Crippen LogP contribution in [0.4, 0.5) is 0 Å². The molecule has 0 aliphatic heterocycles. The summed E-state index contributed by atoms with van der Waals surface area (Å²) in [7, 11) is 1.52. The normalized spacial score (nSPS) is 12.9. The van der Waals surface area contributed by atoms with Crippen molar-refractivity contribution in [3.05, 3.63) is 22.4 Å². The molecule has 0 saturated carbocycles. The number of carboxylic acid groups (broad SMARTS) is 1. The first kappa shape index (κ1) is 13.2. The molecule has 1 N–H and O–H groups in total. The molecule has 0 saturated heterocycles. The molecule has 16 heavy (non-hydrogen) atoms. The molecule has 0 spiro atoms. The Morgan fingerprint density at radius 3 is 2.88 bits per heavy atom. The van der Waals surface area contributed by atoms with E-state index in [4.69, 9.17) is 9.84 Å². The van der Waals surface area contributed by atoms with Crippen molar-refractivity contribution in [2.75, 3.05) is 20.3 Å². The maximum Gasteiger partial charge on any atom is 0.323 e. The van der Waals surface area contributed by atoms with Gasteiger partial charge in [0, 0.05) is 18.5 Å². The van der Waals surface area contributed by atoms with Crippen LogP contribution < -0.4 is 0 Å². The van der Waals surface area contributed by atoms with E-state index in [9.17, 15) is 4.79 Å². The van der Waals surface area contributed by atoms with Gasteiger partial charge in [-0.25, -0.2) is 0 Å². The Kier molecular flexibility index (Phi) is 5.45. The predicted octanol–water partition coefficient (Wildman–Crippen LogP) is 1.67. The van der Waals surface area contributed by atoms with Crippen LogP contribution in [0, 0.1) is 0 Å². The molecule has 0 radical (unpaired) electrons. The Morgan fingerprint density at radius 1 is 1.69 bits per heavy atom. The standard InChI is InChI=1S/C11H17NO3S/c1-3-12(7-9-5-4-6-16-9)10(8-15-2)11(13)14/h4-6,10H,3,7-8H2,1-2H3,(H,13,14). The van der Waals surface area contributed by atoms with E-state index in [2.05, 4.69) is 0 Å². The first-order valence-corrected chi connectivity index (χ1v) is 6.05. The number of carboxylic acids is 1. The minimum atomic E-state index is -0.833. The van der Waals surface area contributed by atoms with Gasteiger partial charge < -0.3 is 9.84 Å². The molecule has 0 aliphatic rings. The number of ether oxygens (including phenoxy) is 1. The van der Waals surface area contributed by atoms with Gasteiger partial charge in [-0.2, -0.15) is 0 Å². The van der Waals surface area contributed by atoms with E-state index >= 15 is 0 Å². The summed E-state index contributed by atoms with van der Waals surface area (Å²) in [5.74, 6) is -0.833.